The van der Waals surface area contributed by atoms with Crippen LogP contribution >= 0.6 is 0 Å². The number of urea groups is 1. The molecule has 4 nitrogen and oxygen atoms in total. The predicted molar refractivity (Wildman–Crippen MR) is 49.9 cm³/mol. The highest BCUT2D eigenvalue weighted by Crippen LogP contribution is 1.86. The molecule has 0 aliphatic rings. The van der Waals surface area contributed by atoms with Crippen molar-refractivity contribution in [2.75, 3.05) is 19.6 Å². The van der Waals surface area contributed by atoms with Crippen LogP contribution in [-0.2, 0) is 0 Å². The molecule has 4 N–H and O–H groups in total. The fourth-order valence-electron chi connectivity index (χ4n) is 0.651. The summed E-state index contributed by atoms with van der Waals surface area (Å²) < 4.78 is 0. The first kappa shape index (κ1) is 11.2. The summed E-state index contributed by atoms with van der Waals surface area (Å²) in [6.45, 7) is 5.99. The van der Waals surface area contributed by atoms with E-state index >= 15 is 0 Å². The highest BCUT2D eigenvalue weighted by Gasteiger charge is 2.01. The van der Waals surface area contributed by atoms with Gasteiger partial charge in [-0.15, -0.1) is 0 Å². The average Bonchev–Trinajstić information content (AvgIpc) is 2.10. The quantitative estimate of drug-likeness (QED) is 0.559. The van der Waals surface area contributed by atoms with Crippen LogP contribution in [0.3, 0.4) is 0 Å². The number of carbonyl (C=O) groups excluding carboxylic acids is 1. The minimum Gasteiger partial charge on any atom is -0.338 e. The first-order valence-corrected chi connectivity index (χ1v) is 4.42. The Morgan fingerprint density at radius 3 is 2.67 bits per heavy atom. The summed E-state index contributed by atoms with van der Waals surface area (Å²) >= 11 is 0. The lowest BCUT2D eigenvalue weighted by molar-refractivity contribution is 0.239. The fourth-order valence-corrected chi connectivity index (χ4v) is 0.651. The molecule has 1 atom stereocenters. The van der Waals surface area contributed by atoms with Gasteiger partial charge in [-0.2, -0.15) is 0 Å². The van der Waals surface area contributed by atoms with E-state index in [-0.39, 0.29) is 6.03 Å². The highest BCUT2D eigenvalue weighted by atomic mass is 16.2. The zero-order valence-corrected chi connectivity index (χ0v) is 7.89. The van der Waals surface area contributed by atoms with Gasteiger partial charge in [0.25, 0.3) is 0 Å². The van der Waals surface area contributed by atoms with E-state index in [1.54, 1.807) is 0 Å². The molecular formula is C8H19N3O. The Balaban J connectivity index is 3.31. The maximum Gasteiger partial charge on any atom is 0.314 e. The van der Waals surface area contributed by atoms with Crippen LogP contribution in [0.1, 0.15) is 20.3 Å². The largest absolute Gasteiger partial charge is 0.338 e. The van der Waals surface area contributed by atoms with Gasteiger partial charge in [0.2, 0.25) is 0 Å². The number of carbonyl (C=O) groups is 1. The van der Waals surface area contributed by atoms with Crippen LogP contribution in [0.15, 0.2) is 0 Å². The van der Waals surface area contributed by atoms with E-state index in [1.165, 1.54) is 0 Å². The van der Waals surface area contributed by atoms with Crippen LogP contribution in [0.25, 0.3) is 0 Å². The molecule has 0 fully saturated rings. The molecule has 0 rings (SSSR count). The Morgan fingerprint density at radius 1 is 1.50 bits per heavy atom. The Labute approximate surface area is 73.9 Å². The lowest BCUT2D eigenvalue weighted by Gasteiger charge is -2.10. The summed E-state index contributed by atoms with van der Waals surface area (Å²) in [7, 11) is 0. The van der Waals surface area contributed by atoms with Crippen molar-refractivity contribution in [1.29, 1.82) is 0 Å². The standard InChI is InChI=1S/C8H19N3O/c1-3-4-10-8(12)11-6-7(2)5-9/h7H,3-6,9H2,1-2H3,(H2,10,11,12). The second-order valence-electron chi connectivity index (χ2n) is 2.98. The first-order chi connectivity index (χ1) is 5.70. The van der Waals surface area contributed by atoms with Gasteiger partial charge in [-0.1, -0.05) is 13.8 Å². The molecule has 0 bridgehead atoms. The third-order valence-electron chi connectivity index (χ3n) is 1.55. The minimum atomic E-state index is -0.0999. The van der Waals surface area contributed by atoms with Gasteiger partial charge in [-0.3, -0.25) is 0 Å². The van der Waals surface area contributed by atoms with Crippen LogP contribution < -0.4 is 16.4 Å². The molecule has 0 saturated heterocycles. The van der Waals surface area contributed by atoms with Crippen LogP contribution in [0, 0.1) is 5.92 Å². The minimum absolute atomic E-state index is 0.0999. The second kappa shape index (κ2) is 6.91. The van der Waals surface area contributed by atoms with Crippen molar-refractivity contribution in [2.24, 2.45) is 11.7 Å². The van der Waals surface area contributed by atoms with Crippen molar-refractivity contribution in [3.05, 3.63) is 0 Å². The third-order valence-corrected chi connectivity index (χ3v) is 1.55. The number of amides is 2. The summed E-state index contributed by atoms with van der Waals surface area (Å²) in [6, 6.07) is -0.0999. The summed E-state index contributed by atoms with van der Waals surface area (Å²) in [5.41, 5.74) is 5.39. The average molecular weight is 173 g/mol. The zero-order chi connectivity index (χ0) is 9.40. The van der Waals surface area contributed by atoms with Crippen LogP contribution in [-0.4, -0.2) is 25.7 Å². The summed E-state index contributed by atoms with van der Waals surface area (Å²) in [5.74, 6) is 0.345. The summed E-state index contributed by atoms with van der Waals surface area (Å²) in [6.07, 6.45) is 0.958. The van der Waals surface area contributed by atoms with Crippen molar-refractivity contribution in [1.82, 2.24) is 10.6 Å². The number of nitrogens with two attached hydrogens (primary N) is 1. The van der Waals surface area contributed by atoms with Crippen LogP contribution in [0.5, 0.6) is 0 Å². The number of hydrogen-bond donors (Lipinski definition) is 3. The second-order valence-corrected chi connectivity index (χ2v) is 2.98. The van der Waals surface area contributed by atoms with Gasteiger partial charge >= 0.3 is 6.03 Å². The topological polar surface area (TPSA) is 67.2 Å². The van der Waals surface area contributed by atoms with Crippen molar-refractivity contribution in [2.45, 2.75) is 20.3 Å². The molecule has 0 heterocycles. The SMILES string of the molecule is CCCNC(=O)NCC(C)CN. The molecule has 0 aromatic carbocycles. The molecule has 0 aromatic rings. The molecule has 0 saturated carbocycles. The van der Waals surface area contributed by atoms with E-state index in [2.05, 4.69) is 10.6 Å². The Hall–Kier alpha value is -0.770. The van der Waals surface area contributed by atoms with E-state index in [4.69, 9.17) is 5.73 Å². The lowest BCUT2D eigenvalue weighted by Crippen LogP contribution is -2.39. The van der Waals surface area contributed by atoms with Gasteiger partial charge in [0.05, 0.1) is 0 Å². The Bertz CT molecular complexity index is 127. The molecule has 1 unspecified atom stereocenters. The molecule has 0 radical (unpaired) electrons. The third kappa shape index (κ3) is 5.97. The van der Waals surface area contributed by atoms with E-state index < -0.39 is 0 Å². The molecule has 4 heteroatoms. The molecule has 12 heavy (non-hydrogen) atoms. The van der Waals surface area contributed by atoms with E-state index in [9.17, 15) is 4.79 Å². The van der Waals surface area contributed by atoms with Gasteiger partial charge in [-0.05, 0) is 18.9 Å². The van der Waals surface area contributed by atoms with Gasteiger partial charge in [0, 0.05) is 13.1 Å². The molecule has 0 spiro atoms. The maximum absolute atomic E-state index is 11.0. The van der Waals surface area contributed by atoms with Crippen molar-refractivity contribution >= 4 is 6.03 Å². The highest BCUT2D eigenvalue weighted by molar-refractivity contribution is 5.73. The van der Waals surface area contributed by atoms with Gasteiger partial charge in [-0.25, -0.2) is 4.79 Å². The normalized spacial score (nSPS) is 12.2. The smallest absolute Gasteiger partial charge is 0.314 e. The van der Waals surface area contributed by atoms with E-state index in [0.29, 0.717) is 19.0 Å². The monoisotopic (exact) mass is 173 g/mol. The number of rotatable bonds is 5. The maximum atomic E-state index is 11.0. The van der Waals surface area contributed by atoms with Crippen molar-refractivity contribution in [3.63, 3.8) is 0 Å². The molecule has 72 valence electrons. The van der Waals surface area contributed by atoms with Crippen molar-refractivity contribution in [3.8, 4) is 0 Å². The number of nitrogens with one attached hydrogen (secondary N) is 2. The molecule has 0 aromatic heterocycles. The number of hydrogen-bond acceptors (Lipinski definition) is 2. The van der Waals surface area contributed by atoms with Gasteiger partial charge in [0.1, 0.15) is 0 Å². The van der Waals surface area contributed by atoms with E-state index in [1.807, 2.05) is 13.8 Å². The van der Waals surface area contributed by atoms with Crippen LogP contribution in [0.4, 0.5) is 4.79 Å². The van der Waals surface area contributed by atoms with Crippen LogP contribution in [0.2, 0.25) is 0 Å². The summed E-state index contributed by atoms with van der Waals surface area (Å²) in [5, 5.41) is 5.46. The molecule has 2 amide bonds. The molecule has 0 aliphatic heterocycles. The molecule has 0 aliphatic carbocycles. The van der Waals surface area contributed by atoms with E-state index in [0.717, 1.165) is 13.0 Å². The Kier molecular flexibility index (Phi) is 6.47. The first-order valence-electron chi connectivity index (χ1n) is 4.42. The zero-order valence-electron chi connectivity index (χ0n) is 7.89. The Morgan fingerprint density at radius 2 is 2.17 bits per heavy atom. The van der Waals surface area contributed by atoms with Gasteiger partial charge < -0.3 is 16.4 Å². The van der Waals surface area contributed by atoms with Gasteiger partial charge in [0.15, 0.2) is 0 Å². The molecular weight excluding hydrogens is 154 g/mol. The predicted octanol–water partition coefficient (Wildman–Crippen LogP) is 0.290. The lowest BCUT2D eigenvalue weighted by atomic mass is 10.2. The summed E-state index contributed by atoms with van der Waals surface area (Å²) in [4.78, 5) is 11.0. The van der Waals surface area contributed by atoms with Crippen molar-refractivity contribution < 1.29 is 4.79 Å². The fraction of sp³-hybridized carbons (Fsp3) is 0.875.